The lowest BCUT2D eigenvalue weighted by Gasteiger charge is -2.28. The van der Waals surface area contributed by atoms with Crippen molar-refractivity contribution in [2.45, 2.75) is 58.4 Å². The van der Waals surface area contributed by atoms with Crippen LogP contribution >= 0.6 is 11.5 Å². The lowest BCUT2D eigenvalue weighted by atomic mass is 9.91. The van der Waals surface area contributed by atoms with Crippen molar-refractivity contribution in [1.29, 1.82) is 0 Å². The zero-order valence-electron chi connectivity index (χ0n) is 14.7. The van der Waals surface area contributed by atoms with Crippen molar-refractivity contribution in [1.82, 2.24) is 19.5 Å². The molecule has 1 fully saturated rings. The van der Waals surface area contributed by atoms with Crippen LogP contribution in [0, 0.1) is 5.92 Å². The summed E-state index contributed by atoms with van der Waals surface area (Å²) < 4.78 is 15.5. The third-order valence-electron chi connectivity index (χ3n) is 4.21. The van der Waals surface area contributed by atoms with Gasteiger partial charge in [-0.05, 0) is 18.8 Å². The van der Waals surface area contributed by atoms with Crippen molar-refractivity contribution in [3.8, 4) is 0 Å². The van der Waals surface area contributed by atoms with E-state index in [4.69, 9.17) is 9.26 Å². The van der Waals surface area contributed by atoms with Gasteiger partial charge in [0, 0.05) is 36.6 Å². The second-order valence-corrected chi connectivity index (χ2v) is 7.58. The summed E-state index contributed by atoms with van der Waals surface area (Å²) >= 11 is 1.38. The monoisotopic (exact) mass is 351 g/mol. The molecule has 1 aliphatic rings. The molecule has 2 aromatic rings. The van der Waals surface area contributed by atoms with Crippen molar-refractivity contribution in [3.63, 3.8) is 0 Å². The molecule has 0 spiro atoms. The molecule has 24 heavy (non-hydrogen) atoms. The van der Waals surface area contributed by atoms with Crippen LogP contribution < -0.4 is 5.32 Å². The number of rotatable bonds is 6. The van der Waals surface area contributed by atoms with E-state index in [0.29, 0.717) is 17.7 Å². The maximum Gasteiger partial charge on any atom is 0.249 e. The Labute approximate surface area is 146 Å². The molecule has 1 saturated heterocycles. The van der Waals surface area contributed by atoms with Crippen LogP contribution in [0.4, 0.5) is 5.13 Å². The Hall–Kier alpha value is -1.54. The SMILES string of the molecule is CC(C)c1noc([C@@H](Nc2nc(C(C)C)ns2)C2CCOCC2)n1. The largest absolute Gasteiger partial charge is 0.381 e. The number of aromatic nitrogens is 4. The molecule has 0 bridgehead atoms. The van der Waals surface area contributed by atoms with Crippen molar-refractivity contribution in [3.05, 3.63) is 17.5 Å². The number of hydrogen-bond donors (Lipinski definition) is 1. The molecule has 1 N–H and O–H groups in total. The van der Waals surface area contributed by atoms with E-state index in [2.05, 4.69) is 52.5 Å². The molecule has 7 nitrogen and oxygen atoms in total. The van der Waals surface area contributed by atoms with Gasteiger partial charge in [0.25, 0.3) is 0 Å². The van der Waals surface area contributed by atoms with Gasteiger partial charge >= 0.3 is 0 Å². The van der Waals surface area contributed by atoms with Crippen LogP contribution in [0.3, 0.4) is 0 Å². The standard InChI is InChI=1S/C16H25N5O2S/c1-9(2)13-18-15(23-20-13)12(11-5-7-22-8-6-11)17-16-19-14(10(3)4)21-24-16/h9-12H,5-8H2,1-4H3,(H,17,19,21)/t12-/m0/s1. The van der Waals surface area contributed by atoms with Crippen LogP contribution in [-0.4, -0.2) is 32.7 Å². The number of anilines is 1. The summed E-state index contributed by atoms with van der Waals surface area (Å²) in [6.45, 7) is 9.84. The molecule has 1 atom stereocenters. The van der Waals surface area contributed by atoms with Gasteiger partial charge in [-0.1, -0.05) is 32.9 Å². The third kappa shape index (κ3) is 3.92. The summed E-state index contributed by atoms with van der Waals surface area (Å²) in [4.78, 5) is 9.19. The Morgan fingerprint density at radius 2 is 1.75 bits per heavy atom. The van der Waals surface area contributed by atoms with E-state index < -0.39 is 0 Å². The Morgan fingerprint density at radius 3 is 2.33 bits per heavy atom. The first-order valence-corrected chi connectivity index (χ1v) is 9.33. The van der Waals surface area contributed by atoms with E-state index in [0.717, 1.165) is 42.8 Å². The fourth-order valence-electron chi connectivity index (χ4n) is 2.70. The van der Waals surface area contributed by atoms with E-state index in [1.54, 1.807) is 0 Å². The quantitative estimate of drug-likeness (QED) is 0.848. The number of hydrogen-bond acceptors (Lipinski definition) is 8. The molecule has 1 aliphatic heterocycles. The summed E-state index contributed by atoms with van der Waals surface area (Å²) in [5.41, 5.74) is 0. The summed E-state index contributed by atoms with van der Waals surface area (Å²) in [6, 6.07) is -0.0538. The third-order valence-corrected chi connectivity index (χ3v) is 4.87. The minimum atomic E-state index is -0.0538. The van der Waals surface area contributed by atoms with Crippen LogP contribution in [0.2, 0.25) is 0 Å². The Bertz CT molecular complexity index is 648. The molecule has 8 heteroatoms. The predicted octanol–water partition coefficient (Wildman–Crippen LogP) is 3.75. The smallest absolute Gasteiger partial charge is 0.249 e. The first-order chi connectivity index (χ1) is 11.5. The van der Waals surface area contributed by atoms with Crippen LogP contribution in [0.5, 0.6) is 0 Å². The minimum absolute atomic E-state index is 0.0538. The van der Waals surface area contributed by atoms with Crippen molar-refractivity contribution >= 4 is 16.7 Å². The molecular formula is C16H25N5O2S. The molecule has 0 saturated carbocycles. The normalized spacial score (nSPS) is 17.6. The molecule has 2 aromatic heterocycles. The van der Waals surface area contributed by atoms with Gasteiger partial charge in [0.1, 0.15) is 11.9 Å². The average Bonchev–Trinajstić information content (AvgIpc) is 3.23. The van der Waals surface area contributed by atoms with Crippen LogP contribution in [0.15, 0.2) is 4.52 Å². The molecular weight excluding hydrogens is 326 g/mol. The van der Waals surface area contributed by atoms with E-state index >= 15 is 0 Å². The van der Waals surface area contributed by atoms with Gasteiger partial charge in [0.05, 0.1) is 0 Å². The minimum Gasteiger partial charge on any atom is -0.381 e. The van der Waals surface area contributed by atoms with E-state index in [1.807, 2.05) is 0 Å². The van der Waals surface area contributed by atoms with E-state index in [1.165, 1.54) is 11.5 Å². The van der Waals surface area contributed by atoms with Gasteiger partial charge < -0.3 is 14.6 Å². The van der Waals surface area contributed by atoms with Gasteiger partial charge in [-0.2, -0.15) is 9.36 Å². The average molecular weight is 351 g/mol. The zero-order chi connectivity index (χ0) is 17.1. The molecule has 0 amide bonds. The summed E-state index contributed by atoms with van der Waals surface area (Å²) in [7, 11) is 0. The molecule has 0 aromatic carbocycles. The summed E-state index contributed by atoms with van der Waals surface area (Å²) in [5.74, 6) is 3.17. The second kappa shape index (κ2) is 7.57. The Morgan fingerprint density at radius 1 is 1.04 bits per heavy atom. The lowest BCUT2D eigenvalue weighted by molar-refractivity contribution is 0.0571. The van der Waals surface area contributed by atoms with Crippen LogP contribution in [0.1, 0.15) is 76.0 Å². The highest BCUT2D eigenvalue weighted by molar-refractivity contribution is 7.09. The van der Waals surface area contributed by atoms with Crippen molar-refractivity contribution in [2.24, 2.45) is 5.92 Å². The topological polar surface area (TPSA) is 86.0 Å². The van der Waals surface area contributed by atoms with Crippen molar-refractivity contribution in [2.75, 3.05) is 18.5 Å². The zero-order valence-corrected chi connectivity index (χ0v) is 15.5. The Balaban J connectivity index is 1.82. The number of ether oxygens (including phenoxy) is 1. The second-order valence-electron chi connectivity index (χ2n) is 6.83. The Kier molecular flexibility index (Phi) is 5.45. The van der Waals surface area contributed by atoms with Crippen LogP contribution in [-0.2, 0) is 4.74 Å². The molecule has 0 unspecified atom stereocenters. The lowest BCUT2D eigenvalue weighted by Crippen LogP contribution is -2.27. The first-order valence-electron chi connectivity index (χ1n) is 8.56. The highest BCUT2D eigenvalue weighted by Crippen LogP contribution is 2.33. The maximum atomic E-state index is 5.56. The number of nitrogens with one attached hydrogen (secondary N) is 1. The number of nitrogens with zero attached hydrogens (tertiary/aromatic N) is 4. The molecule has 3 rings (SSSR count). The first kappa shape index (κ1) is 17.3. The molecule has 132 valence electrons. The van der Waals surface area contributed by atoms with Gasteiger partial charge in [0.2, 0.25) is 11.0 Å². The predicted molar refractivity (Wildman–Crippen MR) is 92.3 cm³/mol. The molecule has 0 radical (unpaired) electrons. The van der Waals surface area contributed by atoms with Gasteiger partial charge in [-0.15, -0.1) is 0 Å². The van der Waals surface area contributed by atoms with E-state index in [-0.39, 0.29) is 12.0 Å². The highest BCUT2D eigenvalue weighted by Gasteiger charge is 2.31. The summed E-state index contributed by atoms with van der Waals surface area (Å²) in [5, 5.41) is 8.41. The molecule has 3 heterocycles. The van der Waals surface area contributed by atoms with Gasteiger partial charge in [-0.3, -0.25) is 0 Å². The van der Waals surface area contributed by atoms with Gasteiger partial charge in [0.15, 0.2) is 5.82 Å². The summed E-state index contributed by atoms with van der Waals surface area (Å²) in [6.07, 6.45) is 1.93. The van der Waals surface area contributed by atoms with Crippen molar-refractivity contribution < 1.29 is 9.26 Å². The highest BCUT2D eigenvalue weighted by atomic mass is 32.1. The maximum absolute atomic E-state index is 5.56. The molecule has 0 aliphatic carbocycles. The van der Waals surface area contributed by atoms with E-state index in [9.17, 15) is 0 Å². The van der Waals surface area contributed by atoms with Gasteiger partial charge in [-0.25, -0.2) is 4.98 Å². The fourth-order valence-corrected chi connectivity index (χ4v) is 3.45. The van der Waals surface area contributed by atoms with Crippen LogP contribution in [0.25, 0.3) is 0 Å². The fraction of sp³-hybridized carbons (Fsp3) is 0.750.